The molecule has 18 heavy (non-hydrogen) atoms. The Balaban J connectivity index is 2.33. The van der Waals surface area contributed by atoms with Crippen LogP contribution in [0.1, 0.15) is 43.6 Å². The first kappa shape index (κ1) is 12.9. The van der Waals surface area contributed by atoms with E-state index in [0.29, 0.717) is 18.4 Å². The summed E-state index contributed by atoms with van der Waals surface area (Å²) in [5, 5.41) is 19.9. The van der Waals surface area contributed by atoms with Gasteiger partial charge in [-0.05, 0) is 30.5 Å². The molecule has 4 heteroatoms. The first-order chi connectivity index (χ1) is 8.53. The van der Waals surface area contributed by atoms with E-state index in [0.717, 1.165) is 19.3 Å². The van der Waals surface area contributed by atoms with Crippen molar-refractivity contribution in [2.75, 3.05) is 0 Å². The molecule has 0 radical (unpaired) electrons. The molecule has 1 unspecified atom stereocenters. The average Bonchev–Trinajstić information content (AvgIpc) is 2.32. The van der Waals surface area contributed by atoms with E-state index in [1.165, 1.54) is 12.1 Å². The van der Waals surface area contributed by atoms with Crippen LogP contribution in [0.15, 0.2) is 24.3 Å². The molecular formula is C14H19NO3. The lowest BCUT2D eigenvalue weighted by molar-refractivity contribution is -0.127. The van der Waals surface area contributed by atoms with Gasteiger partial charge in [0.2, 0.25) is 5.91 Å². The number of carbonyl (C=O) groups is 1. The second kappa shape index (κ2) is 4.98. The van der Waals surface area contributed by atoms with Crippen LogP contribution in [0.4, 0.5) is 0 Å². The van der Waals surface area contributed by atoms with Gasteiger partial charge in [-0.2, -0.15) is 0 Å². The SMILES string of the molecule is NC(=O)C(c1ccc(O)cc1)C1(O)CCCCC1. The maximum absolute atomic E-state index is 11.7. The van der Waals surface area contributed by atoms with Gasteiger partial charge in [-0.15, -0.1) is 0 Å². The number of carbonyl (C=O) groups excluding carboxylic acids is 1. The zero-order valence-corrected chi connectivity index (χ0v) is 10.3. The number of amides is 1. The van der Waals surface area contributed by atoms with Gasteiger partial charge in [-0.3, -0.25) is 4.79 Å². The van der Waals surface area contributed by atoms with Gasteiger partial charge in [-0.1, -0.05) is 31.4 Å². The van der Waals surface area contributed by atoms with Crippen LogP contribution in [0.2, 0.25) is 0 Å². The number of aromatic hydroxyl groups is 1. The van der Waals surface area contributed by atoms with E-state index in [1.54, 1.807) is 12.1 Å². The maximum Gasteiger partial charge on any atom is 0.227 e. The predicted octanol–water partition coefficient (Wildman–Crippen LogP) is 1.66. The molecule has 98 valence electrons. The lowest BCUT2D eigenvalue weighted by atomic mass is 9.72. The van der Waals surface area contributed by atoms with Crippen LogP contribution in [0.3, 0.4) is 0 Å². The number of benzene rings is 1. The summed E-state index contributed by atoms with van der Waals surface area (Å²) in [7, 11) is 0. The summed E-state index contributed by atoms with van der Waals surface area (Å²) in [6.07, 6.45) is 4.11. The van der Waals surface area contributed by atoms with E-state index in [-0.39, 0.29) is 5.75 Å². The molecule has 0 heterocycles. The number of rotatable bonds is 3. The standard InChI is InChI=1S/C14H19NO3/c15-13(17)12(10-4-6-11(16)7-5-10)14(18)8-2-1-3-9-14/h4-7,12,16,18H,1-3,8-9H2,(H2,15,17). The molecule has 0 spiro atoms. The molecule has 2 rings (SSSR count). The van der Waals surface area contributed by atoms with E-state index >= 15 is 0 Å². The summed E-state index contributed by atoms with van der Waals surface area (Å²) in [4.78, 5) is 11.7. The Kier molecular flexibility index (Phi) is 3.57. The first-order valence-electron chi connectivity index (χ1n) is 6.33. The van der Waals surface area contributed by atoms with Crippen molar-refractivity contribution in [2.45, 2.75) is 43.6 Å². The lowest BCUT2D eigenvalue weighted by Crippen LogP contribution is -2.44. The molecule has 1 aliphatic rings. The minimum Gasteiger partial charge on any atom is -0.508 e. The van der Waals surface area contributed by atoms with Gasteiger partial charge in [0.1, 0.15) is 5.75 Å². The van der Waals surface area contributed by atoms with Crippen molar-refractivity contribution >= 4 is 5.91 Å². The fourth-order valence-electron chi connectivity index (χ4n) is 2.86. The second-order valence-electron chi connectivity index (χ2n) is 5.09. The first-order valence-corrected chi connectivity index (χ1v) is 6.33. The van der Waals surface area contributed by atoms with E-state index in [9.17, 15) is 15.0 Å². The van der Waals surface area contributed by atoms with Gasteiger partial charge in [0.05, 0.1) is 11.5 Å². The Labute approximate surface area is 106 Å². The molecule has 1 amide bonds. The molecule has 4 nitrogen and oxygen atoms in total. The second-order valence-corrected chi connectivity index (χ2v) is 5.09. The van der Waals surface area contributed by atoms with Crippen LogP contribution in [0.5, 0.6) is 5.75 Å². The number of hydrogen-bond donors (Lipinski definition) is 3. The molecule has 1 fully saturated rings. The molecule has 0 aromatic heterocycles. The molecule has 1 aromatic rings. The Morgan fingerprint density at radius 2 is 1.72 bits per heavy atom. The Morgan fingerprint density at radius 3 is 2.22 bits per heavy atom. The number of aliphatic hydroxyl groups is 1. The van der Waals surface area contributed by atoms with Crippen molar-refractivity contribution in [1.82, 2.24) is 0 Å². The number of hydrogen-bond acceptors (Lipinski definition) is 3. The van der Waals surface area contributed by atoms with Crippen LogP contribution in [0.25, 0.3) is 0 Å². The van der Waals surface area contributed by atoms with Crippen LogP contribution in [-0.4, -0.2) is 21.7 Å². The van der Waals surface area contributed by atoms with Crippen molar-refractivity contribution in [3.8, 4) is 5.75 Å². The highest BCUT2D eigenvalue weighted by atomic mass is 16.3. The monoisotopic (exact) mass is 249 g/mol. The minimum absolute atomic E-state index is 0.137. The van der Waals surface area contributed by atoms with E-state index in [2.05, 4.69) is 0 Å². The molecule has 0 saturated heterocycles. The highest BCUT2D eigenvalue weighted by Gasteiger charge is 2.42. The van der Waals surface area contributed by atoms with Crippen molar-refractivity contribution in [1.29, 1.82) is 0 Å². The van der Waals surface area contributed by atoms with Gasteiger partial charge < -0.3 is 15.9 Å². The summed E-state index contributed by atoms with van der Waals surface area (Å²) in [5.41, 5.74) is 5.09. The lowest BCUT2D eigenvalue weighted by Gasteiger charge is -2.37. The van der Waals surface area contributed by atoms with Crippen molar-refractivity contribution < 1.29 is 15.0 Å². The summed E-state index contributed by atoms with van der Waals surface area (Å²) in [6, 6.07) is 6.32. The van der Waals surface area contributed by atoms with Gasteiger partial charge in [0.25, 0.3) is 0 Å². The number of primary amides is 1. The maximum atomic E-state index is 11.7. The zero-order chi connectivity index (χ0) is 13.2. The van der Waals surface area contributed by atoms with Crippen LogP contribution >= 0.6 is 0 Å². The Hall–Kier alpha value is -1.55. The molecule has 0 aliphatic heterocycles. The smallest absolute Gasteiger partial charge is 0.227 e. The largest absolute Gasteiger partial charge is 0.508 e. The van der Waals surface area contributed by atoms with Crippen molar-refractivity contribution in [3.63, 3.8) is 0 Å². The number of phenols is 1. The zero-order valence-electron chi connectivity index (χ0n) is 10.3. The third-order valence-electron chi connectivity index (χ3n) is 3.77. The topological polar surface area (TPSA) is 83.6 Å². The summed E-state index contributed by atoms with van der Waals surface area (Å²) >= 11 is 0. The van der Waals surface area contributed by atoms with Gasteiger partial charge in [-0.25, -0.2) is 0 Å². The molecule has 1 aromatic carbocycles. The van der Waals surface area contributed by atoms with Gasteiger partial charge in [0.15, 0.2) is 0 Å². The molecular weight excluding hydrogens is 230 g/mol. The normalized spacial score (nSPS) is 20.3. The van der Waals surface area contributed by atoms with Crippen molar-refractivity contribution in [2.24, 2.45) is 5.73 Å². The Bertz CT molecular complexity index is 421. The van der Waals surface area contributed by atoms with Crippen LogP contribution in [0, 0.1) is 0 Å². The fourth-order valence-corrected chi connectivity index (χ4v) is 2.86. The fraction of sp³-hybridized carbons (Fsp3) is 0.500. The van der Waals surface area contributed by atoms with E-state index < -0.39 is 17.4 Å². The Morgan fingerprint density at radius 1 is 1.17 bits per heavy atom. The molecule has 0 bridgehead atoms. The molecule has 4 N–H and O–H groups in total. The quantitative estimate of drug-likeness (QED) is 0.761. The summed E-state index contributed by atoms with van der Waals surface area (Å²) in [5.74, 6) is -1.07. The number of nitrogens with two attached hydrogens (primary N) is 1. The molecule has 1 atom stereocenters. The van der Waals surface area contributed by atoms with Crippen molar-refractivity contribution in [3.05, 3.63) is 29.8 Å². The molecule has 1 saturated carbocycles. The third kappa shape index (κ3) is 2.48. The average molecular weight is 249 g/mol. The van der Waals surface area contributed by atoms with Crippen LogP contribution in [-0.2, 0) is 4.79 Å². The third-order valence-corrected chi connectivity index (χ3v) is 3.77. The van der Waals surface area contributed by atoms with Gasteiger partial charge >= 0.3 is 0 Å². The van der Waals surface area contributed by atoms with E-state index in [4.69, 9.17) is 5.73 Å². The number of phenolic OH excluding ortho intramolecular Hbond substituents is 1. The van der Waals surface area contributed by atoms with E-state index in [1.807, 2.05) is 0 Å². The minimum atomic E-state index is -1.04. The predicted molar refractivity (Wildman–Crippen MR) is 68.1 cm³/mol. The van der Waals surface area contributed by atoms with Crippen LogP contribution < -0.4 is 5.73 Å². The summed E-state index contributed by atoms with van der Waals surface area (Å²) < 4.78 is 0. The van der Waals surface area contributed by atoms with Gasteiger partial charge in [0, 0.05) is 0 Å². The highest BCUT2D eigenvalue weighted by molar-refractivity contribution is 5.83. The summed E-state index contributed by atoms with van der Waals surface area (Å²) in [6.45, 7) is 0. The highest BCUT2D eigenvalue weighted by Crippen LogP contribution is 2.40. The molecule has 1 aliphatic carbocycles.